The van der Waals surface area contributed by atoms with Crippen LogP contribution in [0.5, 0.6) is 0 Å². The summed E-state index contributed by atoms with van der Waals surface area (Å²) in [7, 11) is -3.69. The number of sulfonamides is 1. The lowest BCUT2D eigenvalue weighted by atomic mass is 9.93. The number of carbonyl (C=O) groups excluding carboxylic acids is 1. The highest BCUT2D eigenvalue weighted by molar-refractivity contribution is 7.89. The molecule has 0 N–H and O–H groups in total. The predicted molar refractivity (Wildman–Crippen MR) is 126 cm³/mol. The first-order valence-electron chi connectivity index (χ1n) is 11.3. The summed E-state index contributed by atoms with van der Waals surface area (Å²) >= 11 is 1.65. The summed E-state index contributed by atoms with van der Waals surface area (Å²) in [6, 6.07) is 12.9. The van der Waals surface area contributed by atoms with Gasteiger partial charge >= 0.3 is 0 Å². The summed E-state index contributed by atoms with van der Waals surface area (Å²) in [6.07, 6.45) is 3.93. The molecule has 9 heteroatoms. The number of hydrogen-bond donors (Lipinski definition) is 0. The Morgan fingerprint density at radius 1 is 0.970 bits per heavy atom. The minimum atomic E-state index is -3.69. The molecule has 1 aromatic heterocycles. The van der Waals surface area contributed by atoms with Crippen LogP contribution in [0.15, 0.2) is 53.4 Å². The van der Waals surface area contributed by atoms with Crippen LogP contribution in [0.25, 0.3) is 10.2 Å². The monoisotopic (exact) mass is 487 g/mol. The highest BCUT2D eigenvalue weighted by atomic mass is 32.2. The highest BCUT2D eigenvalue weighted by Crippen LogP contribution is 2.37. The van der Waals surface area contributed by atoms with E-state index < -0.39 is 15.8 Å². The molecular formula is C24H26FN3O3S2. The zero-order chi connectivity index (χ0) is 23.0. The third-order valence-corrected chi connectivity index (χ3v) is 9.69. The van der Waals surface area contributed by atoms with E-state index in [9.17, 15) is 17.6 Å². The number of thiazole rings is 1. The number of aromatic nitrogens is 1. The lowest BCUT2D eigenvalue weighted by molar-refractivity contribution is -0.140. The summed E-state index contributed by atoms with van der Waals surface area (Å²) in [4.78, 5) is 20.4. The van der Waals surface area contributed by atoms with E-state index in [-0.39, 0.29) is 35.9 Å². The number of fused-ring (bicyclic) bond motifs is 1. The Morgan fingerprint density at radius 2 is 1.70 bits per heavy atom. The average molecular weight is 488 g/mol. The van der Waals surface area contributed by atoms with E-state index in [0.717, 1.165) is 46.6 Å². The Hall–Kier alpha value is -2.36. The largest absolute Gasteiger partial charge is 0.333 e. The number of benzene rings is 2. The number of rotatable bonds is 4. The van der Waals surface area contributed by atoms with Crippen molar-refractivity contribution in [2.24, 2.45) is 5.92 Å². The van der Waals surface area contributed by atoms with E-state index >= 15 is 0 Å². The minimum Gasteiger partial charge on any atom is -0.333 e. The maximum absolute atomic E-state index is 13.5. The van der Waals surface area contributed by atoms with Gasteiger partial charge in [0.05, 0.1) is 21.2 Å². The van der Waals surface area contributed by atoms with Crippen LogP contribution in [0, 0.1) is 11.7 Å². The van der Waals surface area contributed by atoms with Crippen LogP contribution in [0.4, 0.5) is 4.39 Å². The summed E-state index contributed by atoms with van der Waals surface area (Å²) in [5, 5.41) is 0.987. The third-order valence-electron chi connectivity index (χ3n) is 6.64. The SMILES string of the molecule is O=C(C1CCN(S(=O)(=O)c2ccc(F)cc2)CC1)N1CCCCC1c1nc2ccccc2s1. The number of amides is 1. The van der Waals surface area contributed by atoms with Crippen molar-refractivity contribution in [1.82, 2.24) is 14.2 Å². The van der Waals surface area contributed by atoms with Gasteiger partial charge in [-0.15, -0.1) is 11.3 Å². The fourth-order valence-corrected chi connectivity index (χ4v) is 7.40. The van der Waals surface area contributed by atoms with E-state index in [4.69, 9.17) is 4.98 Å². The molecule has 6 nitrogen and oxygen atoms in total. The molecule has 2 saturated heterocycles. The van der Waals surface area contributed by atoms with Gasteiger partial charge in [-0.3, -0.25) is 4.79 Å². The molecule has 33 heavy (non-hydrogen) atoms. The first-order chi connectivity index (χ1) is 15.9. The van der Waals surface area contributed by atoms with Crippen molar-refractivity contribution in [3.05, 3.63) is 59.4 Å². The molecule has 174 valence electrons. The lowest BCUT2D eigenvalue weighted by Gasteiger charge is -2.39. The molecule has 2 aromatic carbocycles. The van der Waals surface area contributed by atoms with Gasteiger partial charge in [0.15, 0.2) is 0 Å². The molecule has 5 rings (SSSR count). The van der Waals surface area contributed by atoms with Gasteiger partial charge in [-0.1, -0.05) is 12.1 Å². The smallest absolute Gasteiger partial charge is 0.243 e. The maximum Gasteiger partial charge on any atom is 0.243 e. The normalized spacial score (nSPS) is 20.9. The van der Waals surface area contributed by atoms with Crippen LogP contribution in [0.2, 0.25) is 0 Å². The molecule has 0 spiro atoms. The van der Waals surface area contributed by atoms with E-state index in [1.54, 1.807) is 11.3 Å². The average Bonchev–Trinajstić information content (AvgIpc) is 3.28. The minimum absolute atomic E-state index is 0.00960. The number of para-hydroxylation sites is 1. The quantitative estimate of drug-likeness (QED) is 0.540. The number of halogens is 1. The van der Waals surface area contributed by atoms with Crippen molar-refractivity contribution in [3.8, 4) is 0 Å². The van der Waals surface area contributed by atoms with Gasteiger partial charge < -0.3 is 4.90 Å². The van der Waals surface area contributed by atoms with Crippen molar-refractivity contribution in [2.45, 2.75) is 43.0 Å². The van der Waals surface area contributed by atoms with Gasteiger partial charge in [-0.05, 0) is 68.5 Å². The molecule has 2 aliphatic heterocycles. The molecule has 1 amide bonds. The predicted octanol–water partition coefficient (Wildman–Crippen LogP) is 4.59. The zero-order valence-corrected chi connectivity index (χ0v) is 19.8. The second kappa shape index (κ2) is 9.12. The fraction of sp³-hybridized carbons (Fsp3) is 0.417. The van der Waals surface area contributed by atoms with Gasteiger partial charge in [0.2, 0.25) is 15.9 Å². The standard InChI is InChI=1S/C24H26FN3O3S2/c25-18-8-10-19(11-9-18)33(30,31)27-15-12-17(13-16-27)24(29)28-14-4-3-6-21(28)23-26-20-5-1-2-7-22(20)32-23/h1-2,5,7-11,17,21H,3-4,6,12-16H2. The molecule has 0 bridgehead atoms. The first-order valence-corrected chi connectivity index (χ1v) is 13.6. The van der Waals surface area contributed by atoms with Gasteiger partial charge in [0, 0.05) is 25.6 Å². The Kier molecular flexibility index (Phi) is 6.20. The molecule has 2 fully saturated rings. The number of hydrogen-bond acceptors (Lipinski definition) is 5. The summed E-state index contributed by atoms with van der Waals surface area (Å²) in [5.74, 6) is -0.556. The highest BCUT2D eigenvalue weighted by Gasteiger charge is 2.37. The molecule has 1 atom stereocenters. The Bertz CT molecular complexity index is 1220. The Morgan fingerprint density at radius 3 is 2.42 bits per heavy atom. The van der Waals surface area contributed by atoms with E-state index in [0.29, 0.717) is 19.4 Å². The molecule has 0 radical (unpaired) electrons. The molecule has 0 saturated carbocycles. The third kappa shape index (κ3) is 4.41. The number of likely N-dealkylation sites (tertiary alicyclic amines) is 1. The molecule has 3 heterocycles. The van der Waals surface area contributed by atoms with Crippen molar-refractivity contribution in [1.29, 1.82) is 0 Å². The van der Waals surface area contributed by atoms with Gasteiger partial charge in [-0.2, -0.15) is 4.31 Å². The fourth-order valence-electron chi connectivity index (χ4n) is 4.82. The summed E-state index contributed by atoms with van der Waals surface area (Å²) in [5.41, 5.74) is 0.967. The molecule has 0 aliphatic carbocycles. The second-order valence-electron chi connectivity index (χ2n) is 8.70. The van der Waals surface area contributed by atoms with Gasteiger partial charge in [0.1, 0.15) is 10.8 Å². The van der Waals surface area contributed by atoms with Gasteiger partial charge in [-0.25, -0.2) is 17.8 Å². The second-order valence-corrected chi connectivity index (χ2v) is 11.7. The van der Waals surface area contributed by atoms with Crippen LogP contribution < -0.4 is 0 Å². The molecule has 1 unspecified atom stereocenters. The summed E-state index contributed by atoms with van der Waals surface area (Å²) < 4.78 is 41.5. The topological polar surface area (TPSA) is 70.6 Å². The lowest BCUT2D eigenvalue weighted by Crippen LogP contribution is -2.46. The number of nitrogens with zero attached hydrogens (tertiary/aromatic N) is 3. The van der Waals surface area contributed by atoms with Crippen LogP contribution in [0.1, 0.15) is 43.2 Å². The summed E-state index contributed by atoms with van der Waals surface area (Å²) in [6.45, 7) is 1.29. The van der Waals surface area contributed by atoms with E-state index in [1.807, 2.05) is 23.1 Å². The molecular weight excluding hydrogens is 461 g/mol. The number of piperidine rings is 2. The Labute approximate surface area is 197 Å². The van der Waals surface area contributed by atoms with Crippen LogP contribution in [-0.4, -0.2) is 48.1 Å². The van der Waals surface area contributed by atoms with Crippen LogP contribution in [-0.2, 0) is 14.8 Å². The van der Waals surface area contributed by atoms with E-state index in [1.165, 1.54) is 16.4 Å². The van der Waals surface area contributed by atoms with Crippen molar-refractivity contribution in [2.75, 3.05) is 19.6 Å². The Balaban J connectivity index is 1.29. The zero-order valence-electron chi connectivity index (χ0n) is 18.2. The molecule has 2 aliphatic rings. The van der Waals surface area contributed by atoms with Crippen LogP contribution >= 0.6 is 11.3 Å². The van der Waals surface area contributed by atoms with Crippen LogP contribution in [0.3, 0.4) is 0 Å². The maximum atomic E-state index is 13.5. The van der Waals surface area contributed by atoms with Crippen molar-refractivity contribution < 1.29 is 17.6 Å². The van der Waals surface area contributed by atoms with Crippen molar-refractivity contribution in [3.63, 3.8) is 0 Å². The van der Waals surface area contributed by atoms with Crippen molar-refractivity contribution >= 4 is 37.5 Å². The molecule has 3 aromatic rings. The first kappa shape index (κ1) is 22.4. The van der Waals surface area contributed by atoms with E-state index in [2.05, 4.69) is 6.07 Å². The number of carbonyl (C=O) groups is 1. The van der Waals surface area contributed by atoms with Gasteiger partial charge in [0.25, 0.3) is 0 Å².